The van der Waals surface area contributed by atoms with Gasteiger partial charge in [-0.05, 0) is 42.8 Å². The molecule has 7 heteroatoms. The molecule has 5 rings (SSSR count). The third-order valence-corrected chi connectivity index (χ3v) is 7.54. The normalized spacial score (nSPS) is 19.5. The number of aryl methyl sites for hydroxylation is 1. The van der Waals surface area contributed by atoms with Crippen LogP contribution in [0.3, 0.4) is 0 Å². The molecule has 2 aliphatic rings. The van der Waals surface area contributed by atoms with E-state index in [2.05, 4.69) is 5.32 Å². The van der Waals surface area contributed by atoms with Crippen LogP contribution >= 0.6 is 23.4 Å². The molecular formula is C25H22ClN3O2S. The molecule has 3 aromatic carbocycles. The summed E-state index contributed by atoms with van der Waals surface area (Å²) in [5.74, 6) is 0.613. The second kappa shape index (κ2) is 8.19. The van der Waals surface area contributed by atoms with Gasteiger partial charge in [0.15, 0.2) is 4.87 Å². The molecular weight excluding hydrogens is 442 g/mol. The molecule has 0 saturated carbocycles. The lowest BCUT2D eigenvalue weighted by Gasteiger charge is -2.33. The molecule has 162 valence electrons. The van der Waals surface area contributed by atoms with Gasteiger partial charge in [-0.15, -0.1) is 11.8 Å². The molecule has 0 bridgehead atoms. The molecule has 0 unspecified atom stereocenters. The number of halogens is 1. The van der Waals surface area contributed by atoms with Gasteiger partial charge in [0.05, 0.1) is 12.2 Å². The second-order valence-corrected chi connectivity index (χ2v) is 9.70. The van der Waals surface area contributed by atoms with Crippen molar-refractivity contribution in [2.75, 3.05) is 22.5 Å². The Morgan fingerprint density at radius 1 is 1.09 bits per heavy atom. The Morgan fingerprint density at radius 3 is 2.59 bits per heavy atom. The van der Waals surface area contributed by atoms with E-state index in [1.807, 2.05) is 60.4 Å². The van der Waals surface area contributed by atoms with Crippen LogP contribution < -0.4 is 10.2 Å². The molecule has 0 aromatic heterocycles. The fourth-order valence-corrected chi connectivity index (χ4v) is 5.95. The Kier molecular flexibility index (Phi) is 5.35. The van der Waals surface area contributed by atoms with Crippen molar-refractivity contribution in [1.82, 2.24) is 4.90 Å². The maximum absolute atomic E-state index is 14.0. The van der Waals surface area contributed by atoms with E-state index in [1.54, 1.807) is 29.2 Å². The summed E-state index contributed by atoms with van der Waals surface area (Å²) in [7, 11) is 0. The second-order valence-electron chi connectivity index (χ2n) is 7.98. The molecule has 1 atom stereocenters. The fourth-order valence-electron chi connectivity index (χ4n) is 4.38. The van der Waals surface area contributed by atoms with Crippen LogP contribution in [0.5, 0.6) is 0 Å². The van der Waals surface area contributed by atoms with Gasteiger partial charge < -0.3 is 10.2 Å². The molecule has 2 aliphatic heterocycles. The molecule has 3 amide bonds. The number of hydrogen-bond acceptors (Lipinski definition) is 3. The van der Waals surface area contributed by atoms with Crippen molar-refractivity contribution in [3.8, 4) is 0 Å². The van der Waals surface area contributed by atoms with Crippen molar-refractivity contribution in [2.45, 2.75) is 18.3 Å². The van der Waals surface area contributed by atoms with E-state index < -0.39 is 4.87 Å². The Bertz CT molecular complexity index is 1190. The number of carbonyl (C=O) groups is 2. The summed E-state index contributed by atoms with van der Waals surface area (Å²) >= 11 is 7.50. The number of hydrogen-bond donors (Lipinski definition) is 1. The van der Waals surface area contributed by atoms with E-state index in [0.29, 0.717) is 29.6 Å². The lowest BCUT2D eigenvalue weighted by atomic mass is 10.0. The Hall–Kier alpha value is -2.96. The maximum atomic E-state index is 14.0. The number of nitrogens with one attached hydrogen (secondary N) is 1. The number of thioether (sulfide) groups is 1. The van der Waals surface area contributed by atoms with E-state index in [4.69, 9.17) is 11.6 Å². The molecule has 1 fully saturated rings. The highest BCUT2D eigenvalue weighted by molar-refractivity contribution is 8.01. The molecule has 1 N–H and O–H groups in total. The van der Waals surface area contributed by atoms with Crippen molar-refractivity contribution in [3.05, 3.63) is 94.5 Å². The van der Waals surface area contributed by atoms with Crippen molar-refractivity contribution in [2.24, 2.45) is 0 Å². The van der Waals surface area contributed by atoms with Gasteiger partial charge >= 0.3 is 6.03 Å². The molecule has 1 saturated heterocycles. The van der Waals surface area contributed by atoms with Crippen LogP contribution in [0.25, 0.3) is 0 Å². The molecule has 0 aliphatic carbocycles. The molecule has 2 heterocycles. The standard InChI is InChI=1S/C25H22ClN3O2S/c1-17-7-12-22-21(15-17)25(23(30)28(22)16-18-5-3-2-4-6-18)29(13-14-32-25)24(31)27-20-10-8-19(26)9-11-20/h2-12,15H,13-14,16H2,1H3,(H,27,31)/t25-/m1/s1. The highest BCUT2D eigenvalue weighted by atomic mass is 35.5. The lowest BCUT2D eigenvalue weighted by molar-refractivity contribution is -0.123. The van der Waals surface area contributed by atoms with Crippen LogP contribution in [0.4, 0.5) is 16.2 Å². The van der Waals surface area contributed by atoms with E-state index >= 15 is 0 Å². The third-order valence-electron chi connectivity index (χ3n) is 5.87. The van der Waals surface area contributed by atoms with Crippen molar-refractivity contribution >= 4 is 46.7 Å². The van der Waals surface area contributed by atoms with Crippen molar-refractivity contribution < 1.29 is 9.59 Å². The molecule has 3 aromatic rings. The predicted molar refractivity (Wildman–Crippen MR) is 130 cm³/mol. The topological polar surface area (TPSA) is 52.7 Å². The highest BCUT2D eigenvalue weighted by Crippen LogP contribution is 2.54. The smallest absolute Gasteiger partial charge is 0.308 e. The van der Waals surface area contributed by atoms with Gasteiger partial charge in [-0.1, -0.05) is 59.6 Å². The number of nitrogens with zero attached hydrogens (tertiary/aromatic N) is 2. The molecule has 0 radical (unpaired) electrons. The van der Waals surface area contributed by atoms with E-state index in [1.165, 1.54) is 11.8 Å². The van der Waals surface area contributed by atoms with Crippen LogP contribution in [0.15, 0.2) is 72.8 Å². The largest absolute Gasteiger partial charge is 0.323 e. The van der Waals surface area contributed by atoms with Crippen LogP contribution in [-0.4, -0.2) is 29.1 Å². The first kappa shape index (κ1) is 20.9. The van der Waals surface area contributed by atoms with Crippen LogP contribution in [0.2, 0.25) is 5.02 Å². The first-order valence-corrected chi connectivity index (χ1v) is 11.8. The third kappa shape index (κ3) is 3.44. The number of carbonyl (C=O) groups excluding carboxylic acids is 2. The molecule has 1 spiro atoms. The number of fused-ring (bicyclic) bond motifs is 2. The number of benzene rings is 3. The SMILES string of the molecule is Cc1ccc2c(c1)[C@@]1(SCCN1C(=O)Nc1ccc(Cl)cc1)C(=O)N2Cc1ccccc1. The first-order chi connectivity index (χ1) is 15.5. The summed E-state index contributed by atoms with van der Waals surface area (Å²) in [5, 5.41) is 3.54. The quantitative estimate of drug-likeness (QED) is 0.547. The monoisotopic (exact) mass is 463 g/mol. The number of rotatable bonds is 3. The van der Waals surface area contributed by atoms with Gasteiger partial charge in [0.2, 0.25) is 0 Å². The van der Waals surface area contributed by atoms with Crippen molar-refractivity contribution in [3.63, 3.8) is 0 Å². The first-order valence-electron chi connectivity index (χ1n) is 10.4. The fraction of sp³-hybridized carbons (Fsp3) is 0.200. The minimum absolute atomic E-state index is 0.0734. The zero-order chi connectivity index (χ0) is 22.3. The van der Waals surface area contributed by atoms with Gasteiger partial charge in [-0.3, -0.25) is 9.69 Å². The molecule has 5 nitrogen and oxygen atoms in total. The maximum Gasteiger partial charge on any atom is 0.323 e. The minimum Gasteiger partial charge on any atom is -0.308 e. The van der Waals surface area contributed by atoms with Gasteiger partial charge in [0, 0.05) is 28.6 Å². The average Bonchev–Trinajstić information content (AvgIpc) is 3.33. The van der Waals surface area contributed by atoms with Crippen LogP contribution in [-0.2, 0) is 16.2 Å². The van der Waals surface area contributed by atoms with Gasteiger partial charge in [0.25, 0.3) is 5.91 Å². The number of amides is 3. The van der Waals surface area contributed by atoms with E-state index in [-0.39, 0.29) is 11.9 Å². The zero-order valence-corrected chi connectivity index (χ0v) is 19.1. The van der Waals surface area contributed by atoms with Crippen LogP contribution in [0.1, 0.15) is 16.7 Å². The summed E-state index contributed by atoms with van der Waals surface area (Å²) in [6.45, 7) is 2.96. The summed E-state index contributed by atoms with van der Waals surface area (Å²) in [4.78, 5) is 29.8. The highest BCUT2D eigenvalue weighted by Gasteiger charge is 2.59. The summed E-state index contributed by atoms with van der Waals surface area (Å²) < 4.78 is 0. The van der Waals surface area contributed by atoms with Crippen LogP contribution in [0, 0.1) is 6.92 Å². The summed E-state index contributed by atoms with van der Waals surface area (Å²) in [6.07, 6.45) is 0. The van der Waals surface area contributed by atoms with Gasteiger partial charge in [-0.25, -0.2) is 4.79 Å². The predicted octanol–water partition coefficient (Wildman–Crippen LogP) is 5.63. The Morgan fingerprint density at radius 2 is 1.84 bits per heavy atom. The summed E-state index contributed by atoms with van der Waals surface area (Å²) in [6, 6.07) is 22.7. The zero-order valence-electron chi connectivity index (χ0n) is 17.5. The number of anilines is 2. The van der Waals surface area contributed by atoms with Gasteiger partial charge in [-0.2, -0.15) is 0 Å². The Balaban J connectivity index is 1.53. The van der Waals surface area contributed by atoms with E-state index in [9.17, 15) is 9.59 Å². The lowest BCUT2D eigenvalue weighted by Crippen LogP contribution is -2.51. The van der Waals surface area contributed by atoms with E-state index in [0.717, 1.165) is 22.4 Å². The minimum atomic E-state index is -1.06. The average molecular weight is 464 g/mol. The summed E-state index contributed by atoms with van der Waals surface area (Å²) in [5.41, 5.74) is 4.49. The number of urea groups is 1. The Labute approximate surface area is 196 Å². The van der Waals surface area contributed by atoms with Gasteiger partial charge in [0.1, 0.15) is 0 Å². The molecule has 32 heavy (non-hydrogen) atoms. The van der Waals surface area contributed by atoms with Crippen molar-refractivity contribution in [1.29, 1.82) is 0 Å².